The van der Waals surface area contributed by atoms with Gasteiger partial charge in [0.25, 0.3) is 5.91 Å². The van der Waals surface area contributed by atoms with Gasteiger partial charge in [-0.05, 0) is 23.8 Å². The van der Waals surface area contributed by atoms with E-state index >= 15 is 0 Å². The van der Waals surface area contributed by atoms with Crippen LogP contribution in [0.25, 0.3) is 0 Å². The number of hydrogen-bond acceptors (Lipinski definition) is 5. The number of nitrogens with one attached hydrogen (secondary N) is 2. The molecule has 0 atom stereocenters. The maximum absolute atomic E-state index is 12.8. The summed E-state index contributed by atoms with van der Waals surface area (Å²) in [4.78, 5) is 31.7. The number of allylic oxidation sites excluding steroid dienone is 4. The van der Waals surface area contributed by atoms with Gasteiger partial charge < -0.3 is 10.6 Å². The van der Waals surface area contributed by atoms with Crippen LogP contribution in [0.4, 0.5) is 23.4 Å². The molecule has 0 bridgehead atoms. The molecule has 0 radical (unpaired) electrons. The molecular weight excluding hydrogens is 424 g/mol. The molecule has 11 heteroatoms. The summed E-state index contributed by atoms with van der Waals surface area (Å²) in [5.74, 6) is -1.72. The molecule has 2 N–H and O–H groups in total. The maximum atomic E-state index is 12.8. The number of carbonyl (C=O) groups excluding carboxylic acids is 2. The van der Waals surface area contributed by atoms with Crippen LogP contribution in [0.1, 0.15) is 16.1 Å². The van der Waals surface area contributed by atoms with E-state index in [1.165, 1.54) is 29.1 Å². The predicted molar refractivity (Wildman–Crippen MR) is 105 cm³/mol. The lowest BCUT2D eigenvalue weighted by Crippen LogP contribution is -2.26. The first-order valence-electron chi connectivity index (χ1n) is 8.36. The minimum absolute atomic E-state index is 0.125. The molecule has 2 rings (SSSR count). The summed E-state index contributed by atoms with van der Waals surface area (Å²) in [5, 5.41) is 6.44. The van der Waals surface area contributed by atoms with E-state index in [-0.39, 0.29) is 17.9 Å². The minimum Gasteiger partial charge on any atom is -0.352 e. The van der Waals surface area contributed by atoms with Crippen molar-refractivity contribution in [1.82, 2.24) is 15.3 Å². The number of amides is 2. The van der Waals surface area contributed by atoms with Crippen molar-refractivity contribution in [2.45, 2.75) is 12.6 Å². The highest BCUT2D eigenvalue weighted by Gasteiger charge is 2.31. The van der Waals surface area contributed by atoms with Gasteiger partial charge in [-0.15, -0.1) is 11.3 Å². The number of rotatable bonds is 8. The van der Waals surface area contributed by atoms with E-state index in [0.717, 1.165) is 6.08 Å². The van der Waals surface area contributed by atoms with Gasteiger partial charge in [0.15, 0.2) is 0 Å². The largest absolute Gasteiger partial charge is 0.416 e. The van der Waals surface area contributed by atoms with Crippen molar-refractivity contribution in [2.24, 2.45) is 0 Å². The Bertz CT molecular complexity index is 952. The van der Waals surface area contributed by atoms with E-state index in [9.17, 15) is 27.2 Å². The SMILES string of the molecule is C=C(F)/C=C\C(=C/CNC(=O)Cc1ccc(NC(=O)c2cscn2)nc1)C(F)(F)F. The van der Waals surface area contributed by atoms with E-state index in [1.54, 1.807) is 11.4 Å². The molecule has 0 aliphatic carbocycles. The van der Waals surface area contributed by atoms with Crippen LogP contribution in [0.15, 0.2) is 65.4 Å². The molecule has 0 unspecified atom stereocenters. The van der Waals surface area contributed by atoms with Gasteiger partial charge in [0.1, 0.15) is 17.3 Å². The molecule has 0 saturated carbocycles. The zero-order chi connectivity index (χ0) is 22.1. The van der Waals surface area contributed by atoms with Crippen molar-refractivity contribution >= 4 is 29.0 Å². The second-order valence-corrected chi connectivity index (χ2v) is 6.52. The predicted octanol–water partition coefficient (Wildman–Crippen LogP) is 3.98. The summed E-state index contributed by atoms with van der Waals surface area (Å²) in [6.07, 6.45) is -1.60. The van der Waals surface area contributed by atoms with E-state index in [1.807, 2.05) is 0 Å². The molecule has 0 spiro atoms. The molecule has 2 aromatic rings. The van der Waals surface area contributed by atoms with E-state index < -0.39 is 35.9 Å². The molecule has 2 amide bonds. The molecule has 0 fully saturated rings. The topological polar surface area (TPSA) is 84.0 Å². The van der Waals surface area contributed by atoms with Crippen molar-refractivity contribution in [3.8, 4) is 0 Å². The third-order valence-corrected chi connectivity index (χ3v) is 4.07. The summed E-state index contributed by atoms with van der Waals surface area (Å²) in [5.41, 5.74) is 1.16. The zero-order valence-electron chi connectivity index (χ0n) is 15.4. The first kappa shape index (κ1) is 22.9. The summed E-state index contributed by atoms with van der Waals surface area (Å²) >= 11 is 1.27. The Morgan fingerprint density at radius 2 is 1.97 bits per heavy atom. The number of aromatic nitrogens is 2. The van der Waals surface area contributed by atoms with E-state index in [4.69, 9.17) is 0 Å². The van der Waals surface area contributed by atoms with Crippen molar-refractivity contribution in [1.29, 1.82) is 0 Å². The van der Waals surface area contributed by atoms with Crippen LogP contribution >= 0.6 is 11.3 Å². The number of thiazole rings is 1. The number of hydrogen-bond donors (Lipinski definition) is 2. The van der Waals surface area contributed by atoms with Crippen molar-refractivity contribution in [3.05, 3.63) is 76.7 Å². The Morgan fingerprint density at radius 1 is 1.20 bits per heavy atom. The standard InChI is InChI=1S/C19H16F4N4O2S/c1-12(20)2-4-14(19(21,22)23)6-7-24-17(28)8-13-3-5-16(25-9-13)27-18(29)15-10-30-11-26-15/h2-6,9-11H,1,7-8H2,(H,24,28)(H,25,27,29)/b4-2-,14-6+. The quantitative estimate of drug-likeness (QED) is 0.481. The molecule has 0 aromatic carbocycles. The fourth-order valence-corrected chi connectivity index (χ4v) is 2.62. The lowest BCUT2D eigenvalue weighted by molar-refractivity contribution is -0.120. The molecule has 2 heterocycles. The Labute approximate surface area is 173 Å². The number of anilines is 1. The molecule has 0 aliphatic heterocycles. The highest BCUT2D eigenvalue weighted by Crippen LogP contribution is 2.26. The molecule has 0 aliphatic rings. The van der Waals surface area contributed by atoms with Crippen LogP contribution in [0.3, 0.4) is 0 Å². The smallest absolute Gasteiger partial charge is 0.352 e. The molecular formula is C19H16F4N4O2S. The first-order valence-corrected chi connectivity index (χ1v) is 9.30. The fraction of sp³-hybridized carbons (Fsp3) is 0.158. The van der Waals surface area contributed by atoms with Gasteiger partial charge in [-0.3, -0.25) is 9.59 Å². The second kappa shape index (κ2) is 10.4. The van der Waals surface area contributed by atoms with Crippen LogP contribution in [-0.4, -0.2) is 34.5 Å². The lowest BCUT2D eigenvalue weighted by Gasteiger charge is -2.08. The van der Waals surface area contributed by atoms with Gasteiger partial charge >= 0.3 is 6.18 Å². The van der Waals surface area contributed by atoms with Crippen LogP contribution in [0, 0.1) is 0 Å². The normalized spacial score (nSPS) is 12.1. The summed E-state index contributed by atoms with van der Waals surface area (Å²) in [6.45, 7) is 2.45. The molecule has 158 valence electrons. The maximum Gasteiger partial charge on any atom is 0.416 e. The third-order valence-electron chi connectivity index (χ3n) is 3.49. The Morgan fingerprint density at radius 3 is 2.53 bits per heavy atom. The average Bonchev–Trinajstić information content (AvgIpc) is 3.20. The number of halogens is 4. The highest BCUT2D eigenvalue weighted by atomic mass is 32.1. The average molecular weight is 440 g/mol. The van der Waals surface area contributed by atoms with Gasteiger partial charge in [0.2, 0.25) is 5.91 Å². The minimum atomic E-state index is -4.70. The van der Waals surface area contributed by atoms with E-state index in [0.29, 0.717) is 17.7 Å². The van der Waals surface area contributed by atoms with Gasteiger partial charge in [-0.25, -0.2) is 14.4 Å². The van der Waals surface area contributed by atoms with Gasteiger partial charge in [-0.1, -0.05) is 18.7 Å². The van der Waals surface area contributed by atoms with Crippen molar-refractivity contribution in [2.75, 3.05) is 11.9 Å². The van der Waals surface area contributed by atoms with Crippen LogP contribution in [-0.2, 0) is 11.2 Å². The third kappa shape index (κ3) is 7.59. The van der Waals surface area contributed by atoms with Crippen LogP contribution in [0.5, 0.6) is 0 Å². The van der Waals surface area contributed by atoms with Crippen LogP contribution in [0.2, 0.25) is 0 Å². The molecule has 6 nitrogen and oxygen atoms in total. The Kier molecular flexibility index (Phi) is 7.98. The monoisotopic (exact) mass is 440 g/mol. The second-order valence-electron chi connectivity index (χ2n) is 5.80. The molecule has 30 heavy (non-hydrogen) atoms. The summed E-state index contributed by atoms with van der Waals surface area (Å²) < 4.78 is 51.0. The van der Waals surface area contributed by atoms with Crippen molar-refractivity contribution < 1.29 is 27.2 Å². The highest BCUT2D eigenvalue weighted by molar-refractivity contribution is 7.07. The zero-order valence-corrected chi connectivity index (χ0v) is 16.2. The van der Waals surface area contributed by atoms with Gasteiger partial charge in [0, 0.05) is 18.1 Å². The first-order chi connectivity index (χ1) is 14.1. The number of alkyl halides is 3. The molecule has 2 aromatic heterocycles. The number of nitrogens with zero attached hydrogens (tertiary/aromatic N) is 2. The van der Waals surface area contributed by atoms with Crippen LogP contribution < -0.4 is 10.6 Å². The Balaban J connectivity index is 1.88. The van der Waals surface area contributed by atoms with Gasteiger partial charge in [-0.2, -0.15) is 13.2 Å². The Hall–Kier alpha value is -3.34. The summed E-state index contributed by atoms with van der Waals surface area (Å²) in [6, 6.07) is 3.04. The fourth-order valence-electron chi connectivity index (χ4n) is 2.09. The number of carbonyl (C=O) groups is 2. The summed E-state index contributed by atoms with van der Waals surface area (Å²) in [7, 11) is 0. The number of pyridine rings is 1. The lowest BCUT2D eigenvalue weighted by atomic mass is 10.2. The van der Waals surface area contributed by atoms with E-state index in [2.05, 4.69) is 27.2 Å². The van der Waals surface area contributed by atoms with Crippen molar-refractivity contribution in [3.63, 3.8) is 0 Å². The van der Waals surface area contributed by atoms with Gasteiger partial charge in [0.05, 0.1) is 17.5 Å². The molecule has 0 saturated heterocycles.